The second kappa shape index (κ2) is 6.14. The molecule has 94 valence electrons. The van der Waals surface area contributed by atoms with Crippen LogP contribution in [0.1, 0.15) is 20.7 Å². The maximum atomic E-state index is 10.2. The fourth-order valence-electron chi connectivity index (χ4n) is 1.02. The highest BCUT2D eigenvalue weighted by Crippen LogP contribution is 1.94. The van der Waals surface area contributed by atoms with Crippen molar-refractivity contribution in [1.29, 1.82) is 0 Å². The van der Waals surface area contributed by atoms with Gasteiger partial charge in [0.05, 0.1) is 17.3 Å². The van der Waals surface area contributed by atoms with Gasteiger partial charge in [-0.15, -0.1) is 0 Å². The van der Waals surface area contributed by atoms with Crippen molar-refractivity contribution in [3.05, 3.63) is 48.0 Å². The van der Waals surface area contributed by atoms with Gasteiger partial charge >= 0.3 is 11.9 Å². The number of aromatic carboxylic acids is 2. The molecule has 0 atom stereocenters. The van der Waals surface area contributed by atoms with Crippen LogP contribution < -0.4 is 0 Å². The molecule has 0 aliphatic carbocycles. The number of aryl methyl sites for hydroxylation is 1. The molecule has 0 amide bonds. The molecule has 2 aromatic rings. The third-order valence-corrected chi connectivity index (χ3v) is 1.86. The quantitative estimate of drug-likeness (QED) is 0.819. The molecule has 0 spiro atoms. The molecular formula is C11H11N3O4. The minimum Gasteiger partial charge on any atom is -0.478 e. The van der Waals surface area contributed by atoms with Crippen LogP contribution in [0.25, 0.3) is 0 Å². The van der Waals surface area contributed by atoms with E-state index in [2.05, 4.69) is 10.1 Å². The lowest BCUT2D eigenvalue weighted by atomic mass is 10.3. The number of nitrogens with zero attached hydrogens (tertiary/aromatic N) is 3. The van der Waals surface area contributed by atoms with Crippen LogP contribution in [0.4, 0.5) is 0 Å². The number of carbonyl (C=O) groups is 2. The topological polar surface area (TPSA) is 105 Å². The van der Waals surface area contributed by atoms with Crippen LogP contribution in [0.2, 0.25) is 0 Å². The smallest absolute Gasteiger partial charge is 0.338 e. The molecule has 0 unspecified atom stereocenters. The van der Waals surface area contributed by atoms with Crippen molar-refractivity contribution in [2.24, 2.45) is 7.05 Å². The maximum absolute atomic E-state index is 10.2. The predicted octanol–water partition coefficient (Wildman–Crippen LogP) is 0.898. The fraction of sp³-hybridized carbons (Fsp3) is 0.0909. The summed E-state index contributed by atoms with van der Waals surface area (Å²) in [4.78, 5) is 23.9. The van der Waals surface area contributed by atoms with Crippen LogP contribution in [-0.2, 0) is 7.05 Å². The summed E-state index contributed by atoms with van der Waals surface area (Å²) in [6.07, 6.45) is 5.60. The van der Waals surface area contributed by atoms with Gasteiger partial charge in [0, 0.05) is 25.6 Å². The Morgan fingerprint density at radius 3 is 2.11 bits per heavy atom. The molecule has 0 fully saturated rings. The Morgan fingerprint density at radius 2 is 1.83 bits per heavy atom. The Balaban J connectivity index is 0.000000180. The fourth-order valence-corrected chi connectivity index (χ4v) is 1.02. The summed E-state index contributed by atoms with van der Waals surface area (Å²) in [6, 6.07) is 3.08. The molecule has 0 aliphatic rings. The van der Waals surface area contributed by atoms with Gasteiger partial charge in [0.15, 0.2) is 0 Å². The molecule has 0 aromatic carbocycles. The first-order valence-electron chi connectivity index (χ1n) is 4.86. The average Bonchev–Trinajstić information content (AvgIpc) is 2.78. The first kappa shape index (κ1) is 13.4. The van der Waals surface area contributed by atoms with E-state index >= 15 is 0 Å². The van der Waals surface area contributed by atoms with E-state index < -0.39 is 11.9 Å². The molecule has 2 aromatic heterocycles. The largest absolute Gasteiger partial charge is 0.478 e. The number of aromatic nitrogens is 3. The summed E-state index contributed by atoms with van der Waals surface area (Å²) in [5, 5.41) is 20.4. The van der Waals surface area contributed by atoms with Gasteiger partial charge in [0.1, 0.15) is 0 Å². The summed E-state index contributed by atoms with van der Waals surface area (Å²) < 4.78 is 1.45. The minimum atomic E-state index is -0.942. The first-order valence-corrected chi connectivity index (χ1v) is 4.86. The molecule has 2 heterocycles. The standard InChI is InChI=1S/C6H5NO2.C5H6N2O2/c8-6(9)5-2-1-3-7-4-5;1-7-3-4(2-6-7)5(8)9/h1-4H,(H,8,9);2-3H,1H3,(H,8,9). The van der Waals surface area contributed by atoms with Gasteiger partial charge in [-0.25, -0.2) is 9.59 Å². The number of carboxylic acids is 2. The molecule has 2 rings (SSSR count). The van der Waals surface area contributed by atoms with Crippen LogP contribution in [0.3, 0.4) is 0 Å². The molecule has 2 N–H and O–H groups in total. The van der Waals surface area contributed by atoms with Gasteiger partial charge < -0.3 is 10.2 Å². The van der Waals surface area contributed by atoms with E-state index in [1.165, 1.54) is 35.5 Å². The van der Waals surface area contributed by atoms with E-state index in [0.717, 1.165) is 0 Å². The lowest BCUT2D eigenvalue weighted by Crippen LogP contribution is -1.94. The second-order valence-corrected chi connectivity index (χ2v) is 3.25. The Bertz CT molecular complexity index is 536. The van der Waals surface area contributed by atoms with Crippen LogP contribution >= 0.6 is 0 Å². The number of rotatable bonds is 2. The highest BCUT2D eigenvalue weighted by molar-refractivity contribution is 5.87. The van der Waals surface area contributed by atoms with Crippen molar-refractivity contribution in [3.63, 3.8) is 0 Å². The van der Waals surface area contributed by atoms with E-state index in [1.807, 2.05) is 0 Å². The van der Waals surface area contributed by atoms with Crippen LogP contribution in [0.15, 0.2) is 36.9 Å². The van der Waals surface area contributed by atoms with E-state index in [1.54, 1.807) is 13.1 Å². The molecule has 0 saturated heterocycles. The zero-order valence-electron chi connectivity index (χ0n) is 9.52. The highest BCUT2D eigenvalue weighted by Gasteiger charge is 2.02. The predicted molar refractivity (Wildman–Crippen MR) is 61.4 cm³/mol. The Hall–Kier alpha value is -2.70. The zero-order valence-corrected chi connectivity index (χ0v) is 9.52. The Morgan fingerprint density at radius 1 is 1.17 bits per heavy atom. The van der Waals surface area contributed by atoms with Gasteiger partial charge in [-0.3, -0.25) is 9.67 Å². The number of pyridine rings is 1. The van der Waals surface area contributed by atoms with Crippen molar-refractivity contribution >= 4 is 11.9 Å². The molecule has 0 saturated carbocycles. The second-order valence-electron chi connectivity index (χ2n) is 3.25. The summed E-state index contributed by atoms with van der Waals surface area (Å²) in [5.74, 6) is -1.88. The first-order chi connectivity index (χ1) is 8.50. The zero-order chi connectivity index (χ0) is 13.5. The van der Waals surface area contributed by atoms with E-state index in [4.69, 9.17) is 10.2 Å². The molecule has 7 heteroatoms. The molecule has 18 heavy (non-hydrogen) atoms. The summed E-state index contributed by atoms with van der Waals surface area (Å²) in [6.45, 7) is 0. The SMILES string of the molecule is Cn1cc(C(=O)O)cn1.O=C(O)c1cccnc1. The number of carboxylic acid groups (broad SMARTS) is 2. The van der Waals surface area contributed by atoms with Crippen molar-refractivity contribution < 1.29 is 19.8 Å². The third-order valence-electron chi connectivity index (χ3n) is 1.86. The van der Waals surface area contributed by atoms with Gasteiger partial charge in [0.2, 0.25) is 0 Å². The summed E-state index contributed by atoms with van der Waals surface area (Å²) in [7, 11) is 1.67. The van der Waals surface area contributed by atoms with Crippen LogP contribution in [0, 0.1) is 0 Å². The van der Waals surface area contributed by atoms with E-state index in [9.17, 15) is 9.59 Å². The van der Waals surface area contributed by atoms with Crippen molar-refractivity contribution in [2.45, 2.75) is 0 Å². The van der Waals surface area contributed by atoms with Crippen molar-refractivity contribution in [3.8, 4) is 0 Å². The summed E-state index contributed by atoms with van der Waals surface area (Å²) >= 11 is 0. The van der Waals surface area contributed by atoms with Crippen LogP contribution in [0.5, 0.6) is 0 Å². The van der Waals surface area contributed by atoms with E-state index in [-0.39, 0.29) is 11.1 Å². The van der Waals surface area contributed by atoms with Gasteiger partial charge in [-0.05, 0) is 12.1 Å². The van der Waals surface area contributed by atoms with Crippen molar-refractivity contribution in [2.75, 3.05) is 0 Å². The summed E-state index contributed by atoms with van der Waals surface area (Å²) in [5.41, 5.74) is 0.440. The molecule has 7 nitrogen and oxygen atoms in total. The molecule has 0 bridgehead atoms. The third kappa shape index (κ3) is 4.05. The lowest BCUT2D eigenvalue weighted by Gasteiger charge is -1.87. The normalized spacial score (nSPS) is 9.17. The monoisotopic (exact) mass is 249 g/mol. The minimum absolute atomic E-state index is 0.220. The van der Waals surface area contributed by atoms with Crippen LogP contribution in [-0.4, -0.2) is 36.9 Å². The maximum Gasteiger partial charge on any atom is 0.338 e. The number of hydrogen-bond donors (Lipinski definition) is 2. The van der Waals surface area contributed by atoms with Gasteiger partial charge in [0.25, 0.3) is 0 Å². The molecule has 0 aliphatic heterocycles. The molecule has 0 radical (unpaired) electrons. The van der Waals surface area contributed by atoms with Crippen molar-refractivity contribution in [1.82, 2.24) is 14.8 Å². The number of hydrogen-bond acceptors (Lipinski definition) is 4. The Labute approximate surface area is 102 Å². The highest BCUT2D eigenvalue weighted by atomic mass is 16.4. The lowest BCUT2D eigenvalue weighted by molar-refractivity contribution is 0.0685. The van der Waals surface area contributed by atoms with E-state index in [0.29, 0.717) is 0 Å². The average molecular weight is 249 g/mol. The Kier molecular flexibility index (Phi) is 4.56. The van der Waals surface area contributed by atoms with Gasteiger partial charge in [-0.2, -0.15) is 5.10 Å². The molecular weight excluding hydrogens is 238 g/mol. The van der Waals surface area contributed by atoms with Gasteiger partial charge in [-0.1, -0.05) is 0 Å².